The van der Waals surface area contributed by atoms with Gasteiger partial charge in [-0.2, -0.15) is 4.72 Å². The number of hydrogen-bond donors (Lipinski definition) is 3. The van der Waals surface area contributed by atoms with Crippen molar-refractivity contribution in [1.82, 2.24) is 19.8 Å². The van der Waals surface area contributed by atoms with Gasteiger partial charge in [0, 0.05) is 32.6 Å². The lowest BCUT2D eigenvalue weighted by Crippen LogP contribution is -2.53. The van der Waals surface area contributed by atoms with Crippen molar-refractivity contribution in [2.75, 3.05) is 26.2 Å². The highest BCUT2D eigenvalue weighted by molar-refractivity contribution is 7.89. The summed E-state index contributed by atoms with van der Waals surface area (Å²) < 4.78 is 33.1. The molecule has 2 aliphatic rings. The lowest BCUT2D eigenvalue weighted by molar-refractivity contribution is -0.138. The molecule has 2 heterocycles. The van der Waals surface area contributed by atoms with E-state index in [9.17, 15) is 32.7 Å². The normalized spacial score (nSPS) is 19.3. The molecule has 3 rings (SSSR count). The molecule has 0 unspecified atom stereocenters. The fourth-order valence-corrected chi connectivity index (χ4v) is 6.24. The molecule has 2 atom stereocenters. The molecule has 1 aromatic carbocycles. The summed E-state index contributed by atoms with van der Waals surface area (Å²) in [6.07, 6.45) is 1.43. The summed E-state index contributed by atoms with van der Waals surface area (Å²) in [5.74, 6) is -2.09. The second-order valence-corrected chi connectivity index (χ2v) is 13.4. The first kappa shape index (κ1) is 32.3. The Kier molecular flexibility index (Phi) is 11.1. The van der Waals surface area contributed by atoms with Crippen molar-refractivity contribution in [2.24, 2.45) is 11.8 Å². The van der Waals surface area contributed by atoms with Gasteiger partial charge >= 0.3 is 12.1 Å². The van der Waals surface area contributed by atoms with Gasteiger partial charge in [-0.05, 0) is 70.9 Å². The molecule has 0 radical (unpaired) electrons. The Bertz CT molecular complexity index is 1180. The maximum absolute atomic E-state index is 13.0. The van der Waals surface area contributed by atoms with E-state index in [-0.39, 0.29) is 23.4 Å². The third kappa shape index (κ3) is 10.3. The lowest BCUT2D eigenvalue weighted by Gasteiger charge is -2.35. The number of sulfonamides is 1. The van der Waals surface area contributed by atoms with Crippen LogP contribution in [0, 0.1) is 11.8 Å². The molecule has 0 saturated carbocycles. The zero-order valence-electron chi connectivity index (χ0n) is 24.0. The minimum Gasteiger partial charge on any atom is -0.481 e. The zero-order valence-corrected chi connectivity index (χ0v) is 24.8. The Morgan fingerprint density at radius 1 is 1.02 bits per heavy atom. The third-order valence-corrected chi connectivity index (χ3v) is 8.71. The van der Waals surface area contributed by atoms with E-state index in [0.717, 1.165) is 12.8 Å². The highest BCUT2D eigenvalue weighted by Gasteiger charge is 2.32. The maximum Gasteiger partial charge on any atom is 0.410 e. The monoisotopic (exact) mass is 594 g/mol. The van der Waals surface area contributed by atoms with Crippen molar-refractivity contribution in [3.63, 3.8) is 0 Å². The Balaban J connectivity index is 1.48. The first-order chi connectivity index (χ1) is 19.2. The van der Waals surface area contributed by atoms with E-state index in [1.54, 1.807) is 28.0 Å². The summed E-state index contributed by atoms with van der Waals surface area (Å²) in [4.78, 5) is 53.0. The maximum atomic E-state index is 13.0. The summed E-state index contributed by atoms with van der Waals surface area (Å²) in [5, 5.41) is 11.8. The molecule has 3 amide bonds. The fourth-order valence-electron chi connectivity index (χ4n) is 5.08. The Labute approximate surface area is 241 Å². The summed E-state index contributed by atoms with van der Waals surface area (Å²) >= 11 is 0. The summed E-state index contributed by atoms with van der Waals surface area (Å²) in [6.45, 7) is 7.39. The lowest BCUT2D eigenvalue weighted by atomic mass is 9.91. The van der Waals surface area contributed by atoms with E-state index in [1.807, 2.05) is 20.8 Å². The largest absolute Gasteiger partial charge is 0.481 e. The van der Waals surface area contributed by atoms with Crippen LogP contribution in [0.25, 0.3) is 0 Å². The molecule has 2 fully saturated rings. The summed E-state index contributed by atoms with van der Waals surface area (Å²) in [7, 11) is -4.06. The van der Waals surface area contributed by atoms with Crippen LogP contribution in [0.15, 0.2) is 35.2 Å². The van der Waals surface area contributed by atoms with Crippen molar-refractivity contribution in [2.45, 2.75) is 82.4 Å². The van der Waals surface area contributed by atoms with E-state index in [2.05, 4.69) is 10.0 Å². The van der Waals surface area contributed by atoms with Crippen LogP contribution >= 0.6 is 0 Å². The fraction of sp³-hybridized carbons (Fsp3) is 0.643. The first-order valence-electron chi connectivity index (χ1n) is 14.1. The number of carboxylic acids is 1. The quantitative estimate of drug-likeness (QED) is 0.348. The Morgan fingerprint density at radius 2 is 1.68 bits per heavy atom. The van der Waals surface area contributed by atoms with Crippen LogP contribution in [0.2, 0.25) is 0 Å². The smallest absolute Gasteiger partial charge is 0.410 e. The van der Waals surface area contributed by atoms with Crippen molar-refractivity contribution >= 4 is 33.9 Å². The van der Waals surface area contributed by atoms with E-state index in [0.29, 0.717) is 51.2 Å². The molecule has 0 aromatic heterocycles. The van der Waals surface area contributed by atoms with E-state index in [1.165, 1.54) is 12.1 Å². The van der Waals surface area contributed by atoms with Crippen LogP contribution in [-0.4, -0.2) is 85.1 Å². The molecule has 0 aliphatic carbocycles. The van der Waals surface area contributed by atoms with Crippen LogP contribution < -0.4 is 10.0 Å². The van der Waals surface area contributed by atoms with Crippen LogP contribution in [0.1, 0.15) is 65.7 Å². The molecular weight excluding hydrogens is 552 g/mol. The number of benzene rings is 1. The van der Waals surface area contributed by atoms with Gasteiger partial charge in [0.1, 0.15) is 11.8 Å². The van der Waals surface area contributed by atoms with Crippen LogP contribution in [0.5, 0.6) is 0 Å². The predicted molar refractivity (Wildman–Crippen MR) is 150 cm³/mol. The number of carboxylic acid groups (broad SMARTS) is 1. The third-order valence-electron chi connectivity index (χ3n) is 7.22. The van der Waals surface area contributed by atoms with Gasteiger partial charge in [-0.25, -0.2) is 13.2 Å². The van der Waals surface area contributed by atoms with E-state index >= 15 is 0 Å². The van der Waals surface area contributed by atoms with Crippen LogP contribution in [0.4, 0.5) is 4.79 Å². The first-order valence-corrected chi connectivity index (χ1v) is 15.6. The van der Waals surface area contributed by atoms with Crippen molar-refractivity contribution in [3.05, 3.63) is 30.3 Å². The van der Waals surface area contributed by atoms with Gasteiger partial charge in [0.15, 0.2) is 0 Å². The minimum atomic E-state index is -4.06. The van der Waals surface area contributed by atoms with Crippen molar-refractivity contribution < 1.29 is 37.4 Å². The molecule has 2 aliphatic heterocycles. The number of amides is 3. The number of likely N-dealkylation sites (tertiary alicyclic amines) is 2. The van der Waals surface area contributed by atoms with Gasteiger partial charge in [-0.1, -0.05) is 18.2 Å². The number of aliphatic carboxylic acids is 1. The number of ether oxygens (including phenoxy) is 1. The SMILES string of the molecule is CC(C)(C)OC(=O)N1CCC(CCC(=O)N2CCC[C@@H](C(=O)N[C@H](CC(=O)O)NS(=O)(=O)c3ccccc3)C2)CC1. The Hall–Kier alpha value is -3.19. The zero-order chi connectivity index (χ0) is 30.2. The molecule has 12 nitrogen and oxygen atoms in total. The molecule has 1 aromatic rings. The highest BCUT2D eigenvalue weighted by Crippen LogP contribution is 2.25. The van der Waals surface area contributed by atoms with Gasteiger partial charge in [0.2, 0.25) is 21.8 Å². The molecule has 41 heavy (non-hydrogen) atoms. The summed E-state index contributed by atoms with van der Waals surface area (Å²) in [5.41, 5.74) is -0.545. The van der Waals surface area contributed by atoms with Crippen LogP contribution in [0.3, 0.4) is 0 Å². The number of piperidine rings is 2. The van der Waals surface area contributed by atoms with Gasteiger partial charge in [-0.3, -0.25) is 14.4 Å². The predicted octanol–water partition coefficient (Wildman–Crippen LogP) is 2.55. The second kappa shape index (κ2) is 14.1. The molecular formula is C28H42N4O8S. The summed E-state index contributed by atoms with van der Waals surface area (Å²) in [6, 6.07) is 7.48. The van der Waals surface area contributed by atoms with E-state index < -0.39 is 46.0 Å². The molecule has 0 spiro atoms. The van der Waals surface area contributed by atoms with Gasteiger partial charge in [0.25, 0.3) is 0 Å². The van der Waals surface area contributed by atoms with E-state index in [4.69, 9.17) is 4.74 Å². The van der Waals surface area contributed by atoms with Crippen molar-refractivity contribution in [3.8, 4) is 0 Å². The number of rotatable bonds is 10. The van der Waals surface area contributed by atoms with Gasteiger partial charge in [-0.15, -0.1) is 0 Å². The topological polar surface area (TPSA) is 162 Å². The number of hydrogen-bond acceptors (Lipinski definition) is 7. The Morgan fingerprint density at radius 3 is 2.29 bits per heavy atom. The molecule has 3 N–H and O–H groups in total. The average molecular weight is 595 g/mol. The molecule has 2 saturated heterocycles. The van der Waals surface area contributed by atoms with Gasteiger partial charge < -0.3 is 25.0 Å². The standard InChI is InChI=1S/C28H42N4O8S/c1-28(2,3)40-27(37)31-16-13-20(14-17-31)11-12-24(33)32-15-7-8-21(19-32)26(36)29-23(18-25(34)35)30-41(38,39)22-9-5-4-6-10-22/h4-6,9-10,20-21,23,30H,7-8,11-19H2,1-3H3,(H,29,36)(H,34,35)/t21-,23+/m1/s1. The average Bonchev–Trinajstić information content (AvgIpc) is 2.91. The van der Waals surface area contributed by atoms with Gasteiger partial charge in [0.05, 0.1) is 17.2 Å². The minimum absolute atomic E-state index is 0.0467. The molecule has 0 bridgehead atoms. The highest BCUT2D eigenvalue weighted by atomic mass is 32.2. The van der Waals surface area contributed by atoms with Crippen LogP contribution in [-0.2, 0) is 29.1 Å². The second-order valence-electron chi connectivity index (χ2n) is 11.7. The van der Waals surface area contributed by atoms with Crippen molar-refractivity contribution in [1.29, 1.82) is 0 Å². The molecule has 228 valence electrons. The molecule has 13 heteroatoms. The number of carbonyl (C=O) groups is 4. The number of carbonyl (C=O) groups excluding carboxylic acids is 3. The number of nitrogens with zero attached hydrogens (tertiary/aromatic N) is 2. The number of nitrogens with one attached hydrogen (secondary N) is 2.